The van der Waals surface area contributed by atoms with E-state index in [9.17, 15) is 0 Å². The Hall–Kier alpha value is -1.75. The Morgan fingerprint density at radius 2 is 2.20 bits per heavy atom. The number of aryl methyl sites for hydroxylation is 1. The van der Waals surface area contributed by atoms with Gasteiger partial charge in [0.15, 0.2) is 5.82 Å². The predicted molar refractivity (Wildman–Crippen MR) is 55.0 cm³/mol. The maximum Gasteiger partial charge on any atom is 0.276 e. The molecule has 0 saturated carbocycles. The number of aromatic nitrogens is 3. The van der Waals surface area contributed by atoms with Crippen LogP contribution in [0.25, 0.3) is 11.6 Å². The van der Waals surface area contributed by atoms with Crippen LogP contribution in [0.15, 0.2) is 22.7 Å². The quantitative estimate of drug-likeness (QED) is 0.812. The molecule has 78 valence electrons. The first-order valence-electron chi connectivity index (χ1n) is 4.71. The van der Waals surface area contributed by atoms with Crippen LogP contribution in [0.5, 0.6) is 0 Å². The number of hydrogen-bond donors (Lipinski definition) is 1. The summed E-state index contributed by atoms with van der Waals surface area (Å²) in [4.78, 5) is 8.51. The first-order valence-corrected chi connectivity index (χ1v) is 4.71. The van der Waals surface area contributed by atoms with Crippen molar-refractivity contribution in [2.75, 3.05) is 7.05 Å². The van der Waals surface area contributed by atoms with E-state index in [2.05, 4.69) is 20.4 Å². The van der Waals surface area contributed by atoms with Gasteiger partial charge in [0.2, 0.25) is 0 Å². The molecule has 0 aliphatic heterocycles. The third-order valence-corrected chi connectivity index (χ3v) is 1.91. The van der Waals surface area contributed by atoms with Gasteiger partial charge in [-0.25, -0.2) is 4.98 Å². The van der Waals surface area contributed by atoms with Gasteiger partial charge in [0.1, 0.15) is 5.69 Å². The van der Waals surface area contributed by atoms with Crippen molar-refractivity contribution in [2.45, 2.75) is 13.5 Å². The second kappa shape index (κ2) is 4.18. The highest BCUT2D eigenvalue weighted by Gasteiger charge is 2.08. The highest BCUT2D eigenvalue weighted by molar-refractivity contribution is 5.46. The molecule has 5 heteroatoms. The molecule has 0 unspecified atom stereocenters. The van der Waals surface area contributed by atoms with Gasteiger partial charge in [0.05, 0.1) is 6.54 Å². The molecule has 0 spiro atoms. The maximum atomic E-state index is 5.09. The molecule has 0 aliphatic rings. The van der Waals surface area contributed by atoms with E-state index in [0.717, 1.165) is 5.69 Å². The lowest BCUT2D eigenvalue weighted by atomic mass is 10.3. The van der Waals surface area contributed by atoms with Crippen LogP contribution < -0.4 is 5.32 Å². The largest absolute Gasteiger partial charge is 0.332 e. The standard InChI is InChI=1S/C10H12N4O/c1-7-4-3-5-8(12-7)10-13-9(6-11-2)14-15-10/h3-5,11H,6H2,1-2H3. The first kappa shape index (κ1) is 9.79. The van der Waals surface area contributed by atoms with Crippen LogP contribution in [0.1, 0.15) is 11.5 Å². The number of rotatable bonds is 3. The summed E-state index contributed by atoms with van der Waals surface area (Å²) >= 11 is 0. The van der Waals surface area contributed by atoms with Crippen LogP contribution in [-0.2, 0) is 6.54 Å². The Bertz CT molecular complexity index is 452. The van der Waals surface area contributed by atoms with Crippen LogP contribution in [0, 0.1) is 6.92 Å². The van der Waals surface area contributed by atoms with Crippen LogP contribution in [0.4, 0.5) is 0 Å². The molecule has 15 heavy (non-hydrogen) atoms. The molecule has 0 radical (unpaired) electrons. The molecule has 1 N–H and O–H groups in total. The van der Waals surface area contributed by atoms with Crippen molar-refractivity contribution >= 4 is 0 Å². The van der Waals surface area contributed by atoms with Crippen molar-refractivity contribution in [3.63, 3.8) is 0 Å². The molecule has 0 amide bonds. The molecular weight excluding hydrogens is 192 g/mol. The van der Waals surface area contributed by atoms with E-state index in [1.807, 2.05) is 32.2 Å². The Morgan fingerprint density at radius 1 is 1.33 bits per heavy atom. The zero-order chi connectivity index (χ0) is 10.7. The molecule has 0 aliphatic carbocycles. The van der Waals surface area contributed by atoms with Gasteiger partial charge in [0, 0.05) is 5.69 Å². The summed E-state index contributed by atoms with van der Waals surface area (Å²) in [5.41, 5.74) is 1.64. The molecule has 2 aromatic heterocycles. The van der Waals surface area contributed by atoms with Crippen molar-refractivity contribution in [2.24, 2.45) is 0 Å². The fourth-order valence-electron chi connectivity index (χ4n) is 1.25. The monoisotopic (exact) mass is 204 g/mol. The Balaban J connectivity index is 2.29. The zero-order valence-electron chi connectivity index (χ0n) is 8.69. The SMILES string of the molecule is CNCc1noc(-c2cccc(C)n2)n1. The summed E-state index contributed by atoms with van der Waals surface area (Å²) in [6, 6.07) is 5.69. The summed E-state index contributed by atoms with van der Waals surface area (Å²) in [7, 11) is 1.83. The summed E-state index contributed by atoms with van der Waals surface area (Å²) in [6.45, 7) is 2.52. The third-order valence-electron chi connectivity index (χ3n) is 1.91. The average Bonchev–Trinajstić information content (AvgIpc) is 2.67. The third kappa shape index (κ3) is 2.19. The van der Waals surface area contributed by atoms with E-state index >= 15 is 0 Å². The lowest BCUT2D eigenvalue weighted by Gasteiger charge is -1.94. The lowest BCUT2D eigenvalue weighted by Crippen LogP contribution is -2.06. The summed E-state index contributed by atoms with van der Waals surface area (Å²) in [6.07, 6.45) is 0. The van der Waals surface area contributed by atoms with Crippen molar-refractivity contribution in [3.05, 3.63) is 29.7 Å². The number of nitrogens with zero attached hydrogens (tertiary/aromatic N) is 3. The van der Waals surface area contributed by atoms with Crippen LogP contribution >= 0.6 is 0 Å². The summed E-state index contributed by atoms with van der Waals surface area (Å²) < 4.78 is 5.09. The van der Waals surface area contributed by atoms with Gasteiger partial charge >= 0.3 is 0 Å². The molecule has 0 fully saturated rings. The molecule has 0 atom stereocenters. The van der Waals surface area contributed by atoms with E-state index in [-0.39, 0.29) is 0 Å². The Morgan fingerprint density at radius 3 is 2.93 bits per heavy atom. The van der Waals surface area contributed by atoms with E-state index in [0.29, 0.717) is 24.0 Å². The maximum absolute atomic E-state index is 5.09. The first-order chi connectivity index (χ1) is 7.29. The highest BCUT2D eigenvalue weighted by Crippen LogP contribution is 2.14. The fraction of sp³-hybridized carbons (Fsp3) is 0.300. The topological polar surface area (TPSA) is 63.8 Å². The van der Waals surface area contributed by atoms with Crippen LogP contribution in [0.2, 0.25) is 0 Å². The molecule has 0 aromatic carbocycles. The number of nitrogens with one attached hydrogen (secondary N) is 1. The zero-order valence-corrected chi connectivity index (χ0v) is 8.69. The molecule has 0 bridgehead atoms. The second-order valence-corrected chi connectivity index (χ2v) is 3.21. The summed E-state index contributed by atoms with van der Waals surface area (Å²) in [5.74, 6) is 1.10. The minimum atomic E-state index is 0.462. The minimum Gasteiger partial charge on any atom is -0.332 e. The Labute approximate surface area is 87.5 Å². The molecule has 5 nitrogen and oxygen atoms in total. The molecule has 0 saturated heterocycles. The van der Waals surface area contributed by atoms with Gasteiger partial charge in [-0.2, -0.15) is 4.98 Å². The fourth-order valence-corrected chi connectivity index (χ4v) is 1.25. The van der Waals surface area contributed by atoms with Gasteiger partial charge in [-0.05, 0) is 26.1 Å². The normalized spacial score (nSPS) is 10.5. The van der Waals surface area contributed by atoms with Crippen molar-refractivity contribution in [1.82, 2.24) is 20.4 Å². The van der Waals surface area contributed by atoms with E-state index < -0.39 is 0 Å². The molecule has 2 heterocycles. The Kier molecular flexibility index (Phi) is 2.73. The van der Waals surface area contributed by atoms with Gasteiger partial charge in [0.25, 0.3) is 5.89 Å². The second-order valence-electron chi connectivity index (χ2n) is 3.21. The smallest absolute Gasteiger partial charge is 0.276 e. The van der Waals surface area contributed by atoms with Gasteiger partial charge in [-0.1, -0.05) is 11.2 Å². The minimum absolute atomic E-state index is 0.462. The lowest BCUT2D eigenvalue weighted by molar-refractivity contribution is 0.419. The summed E-state index contributed by atoms with van der Waals surface area (Å²) in [5, 5.41) is 6.78. The molecular formula is C10H12N4O. The predicted octanol–water partition coefficient (Wildman–Crippen LogP) is 1.16. The average molecular weight is 204 g/mol. The highest BCUT2D eigenvalue weighted by atomic mass is 16.5. The van der Waals surface area contributed by atoms with Crippen LogP contribution in [-0.4, -0.2) is 22.2 Å². The molecule has 2 rings (SSSR count). The van der Waals surface area contributed by atoms with Gasteiger partial charge in [-0.15, -0.1) is 0 Å². The van der Waals surface area contributed by atoms with Crippen molar-refractivity contribution in [3.8, 4) is 11.6 Å². The molecule has 2 aromatic rings. The number of hydrogen-bond acceptors (Lipinski definition) is 5. The van der Waals surface area contributed by atoms with E-state index in [1.165, 1.54) is 0 Å². The van der Waals surface area contributed by atoms with Crippen LogP contribution in [0.3, 0.4) is 0 Å². The van der Waals surface area contributed by atoms with Gasteiger partial charge < -0.3 is 9.84 Å². The van der Waals surface area contributed by atoms with E-state index in [4.69, 9.17) is 4.52 Å². The van der Waals surface area contributed by atoms with E-state index in [1.54, 1.807) is 0 Å². The number of pyridine rings is 1. The van der Waals surface area contributed by atoms with Gasteiger partial charge in [-0.3, -0.25) is 0 Å². The van der Waals surface area contributed by atoms with Crippen molar-refractivity contribution < 1.29 is 4.52 Å². The van der Waals surface area contributed by atoms with Crippen molar-refractivity contribution in [1.29, 1.82) is 0 Å².